The number of hydrogen-bond donors (Lipinski definition) is 6. The molecule has 2 rings (SSSR count). The van der Waals surface area contributed by atoms with Crippen LogP contribution in [0.4, 0.5) is 4.39 Å². The molecular weight excluding hydrogens is 484 g/mol. The fourth-order valence-corrected chi connectivity index (χ4v) is 5.39. The van der Waals surface area contributed by atoms with Gasteiger partial charge in [-0.25, -0.2) is 22.9 Å². The van der Waals surface area contributed by atoms with Crippen molar-refractivity contribution in [2.45, 2.75) is 31.5 Å². The molecule has 172 valence electrons. The van der Waals surface area contributed by atoms with E-state index in [1.54, 1.807) is 0 Å². The van der Waals surface area contributed by atoms with Crippen molar-refractivity contribution in [1.82, 2.24) is 9.55 Å². The van der Waals surface area contributed by atoms with E-state index in [0.29, 0.717) is 0 Å². The van der Waals surface area contributed by atoms with Crippen molar-refractivity contribution in [3.8, 4) is 0 Å². The number of phosphoric acid groups is 3. The molecule has 20 heteroatoms. The average Bonchev–Trinajstić information content (AvgIpc) is 2.93. The third-order valence-corrected chi connectivity index (χ3v) is 7.28. The molecule has 0 aliphatic carbocycles. The summed E-state index contributed by atoms with van der Waals surface area (Å²) >= 11 is 0. The van der Waals surface area contributed by atoms with Gasteiger partial charge in [-0.05, 0) is 6.42 Å². The first-order valence-corrected chi connectivity index (χ1v) is 12.2. The Morgan fingerprint density at radius 1 is 1.20 bits per heavy atom. The first kappa shape index (κ1) is 25.2. The summed E-state index contributed by atoms with van der Waals surface area (Å²) in [6.07, 6.45) is -1.07. The van der Waals surface area contributed by atoms with Gasteiger partial charge in [-0.2, -0.15) is 8.62 Å². The predicted octanol–water partition coefficient (Wildman–Crippen LogP) is -0.653. The zero-order chi connectivity index (χ0) is 23.0. The highest BCUT2D eigenvalue weighted by molar-refractivity contribution is 7.66. The van der Waals surface area contributed by atoms with Crippen molar-refractivity contribution in [2.24, 2.45) is 0 Å². The van der Waals surface area contributed by atoms with Gasteiger partial charge >= 0.3 is 29.2 Å². The number of nitrogens with one attached hydrogen (secondary N) is 1. The summed E-state index contributed by atoms with van der Waals surface area (Å²) in [5.41, 5.74) is -2.07. The van der Waals surface area contributed by atoms with Crippen LogP contribution < -0.4 is 11.2 Å². The minimum absolute atomic E-state index is 0.187. The van der Waals surface area contributed by atoms with Gasteiger partial charge in [0.25, 0.3) is 5.56 Å². The molecule has 1 aromatic rings. The van der Waals surface area contributed by atoms with E-state index in [1.165, 1.54) is 0 Å². The Bertz CT molecular complexity index is 1050. The minimum atomic E-state index is -5.77. The molecular formula is C10H16FN2O14P3. The molecule has 0 saturated carbocycles. The molecule has 0 spiro atoms. The number of nitrogens with zero attached hydrogens (tertiary/aromatic N) is 1. The van der Waals surface area contributed by atoms with Gasteiger partial charge in [-0.1, -0.05) is 0 Å². The van der Waals surface area contributed by atoms with Crippen LogP contribution >= 0.6 is 23.5 Å². The van der Waals surface area contributed by atoms with E-state index in [0.717, 1.165) is 10.8 Å². The van der Waals surface area contributed by atoms with Gasteiger partial charge in [0.1, 0.15) is 12.8 Å². The summed E-state index contributed by atoms with van der Waals surface area (Å²) in [4.78, 5) is 60.4. The Morgan fingerprint density at radius 2 is 1.83 bits per heavy atom. The second-order valence-corrected chi connectivity index (χ2v) is 10.3. The molecule has 16 nitrogen and oxygen atoms in total. The van der Waals surface area contributed by atoms with Crippen LogP contribution in [0.25, 0.3) is 0 Å². The molecule has 6 N–H and O–H groups in total. The normalized spacial score (nSPS) is 26.3. The number of aromatic amines is 1. The van der Waals surface area contributed by atoms with Crippen LogP contribution in [0.3, 0.4) is 0 Å². The number of rotatable bonds is 9. The van der Waals surface area contributed by atoms with E-state index in [1.807, 2.05) is 4.98 Å². The molecule has 0 radical (unpaired) electrons. The minimum Gasteiger partial charge on any atom is -0.391 e. The smallest absolute Gasteiger partial charge is 0.391 e. The Balaban J connectivity index is 2.06. The molecule has 1 aromatic heterocycles. The summed E-state index contributed by atoms with van der Waals surface area (Å²) in [5, 5.41) is 9.07. The molecule has 2 heterocycles. The highest BCUT2D eigenvalue weighted by Crippen LogP contribution is 2.66. The predicted molar refractivity (Wildman–Crippen MR) is 90.3 cm³/mol. The zero-order valence-electron chi connectivity index (χ0n) is 14.6. The lowest BCUT2D eigenvalue weighted by atomic mass is 10.2. The fourth-order valence-electron chi connectivity index (χ4n) is 2.34. The third kappa shape index (κ3) is 6.99. The summed E-state index contributed by atoms with van der Waals surface area (Å²) in [6.45, 7) is -2.09. The Kier molecular flexibility index (Phi) is 7.41. The van der Waals surface area contributed by atoms with Crippen LogP contribution in [0.2, 0.25) is 0 Å². The fraction of sp³-hybridized carbons (Fsp3) is 0.600. The SMILES string of the molecule is O=c1[nH]c(=O)n([C@H]2CC[C@@](F)(COP(=O)(O)OP(=O)(O)OP(=O)(O)O)O2)cc1CO. The number of aliphatic hydroxyl groups is 1. The number of phosphoric ester groups is 1. The topological polar surface area (TPSA) is 244 Å². The summed E-state index contributed by atoms with van der Waals surface area (Å²) < 4.78 is 65.0. The van der Waals surface area contributed by atoms with Crippen molar-refractivity contribution in [2.75, 3.05) is 6.61 Å². The first-order chi connectivity index (χ1) is 13.5. The Labute approximate surface area is 165 Å². The molecule has 0 bridgehead atoms. The number of aliphatic hydroxyl groups excluding tert-OH is 1. The number of aromatic nitrogens is 2. The average molecular weight is 500 g/mol. The van der Waals surface area contributed by atoms with Gasteiger partial charge in [0.05, 0.1) is 12.2 Å². The Hall–Kier alpha value is -1.06. The van der Waals surface area contributed by atoms with Gasteiger partial charge in [0.2, 0.25) is 5.85 Å². The number of ether oxygens (including phenoxy) is 1. The lowest BCUT2D eigenvalue weighted by Gasteiger charge is -2.23. The Morgan fingerprint density at radius 3 is 2.40 bits per heavy atom. The van der Waals surface area contributed by atoms with Crippen LogP contribution in [-0.4, -0.2) is 46.7 Å². The molecule has 30 heavy (non-hydrogen) atoms. The van der Waals surface area contributed by atoms with Crippen LogP contribution in [-0.2, 0) is 38.2 Å². The van der Waals surface area contributed by atoms with Crippen molar-refractivity contribution < 1.29 is 60.6 Å². The lowest BCUT2D eigenvalue weighted by molar-refractivity contribution is -0.175. The second kappa shape index (κ2) is 8.82. The quantitative estimate of drug-likeness (QED) is 0.231. The third-order valence-electron chi connectivity index (χ3n) is 3.49. The highest BCUT2D eigenvalue weighted by atomic mass is 31.3. The molecule has 1 aliphatic rings. The van der Waals surface area contributed by atoms with Crippen molar-refractivity contribution in [3.63, 3.8) is 0 Å². The van der Waals surface area contributed by atoms with Crippen molar-refractivity contribution in [3.05, 3.63) is 32.6 Å². The molecule has 1 fully saturated rings. The summed E-state index contributed by atoms with van der Waals surface area (Å²) in [5.74, 6) is -2.80. The van der Waals surface area contributed by atoms with Crippen molar-refractivity contribution >= 4 is 23.5 Å². The number of hydrogen-bond acceptors (Lipinski definition) is 10. The maximum Gasteiger partial charge on any atom is 0.490 e. The highest BCUT2D eigenvalue weighted by Gasteiger charge is 2.46. The van der Waals surface area contributed by atoms with Gasteiger partial charge in [0, 0.05) is 12.6 Å². The van der Waals surface area contributed by atoms with Crippen molar-refractivity contribution in [1.29, 1.82) is 0 Å². The van der Waals surface area contributed by atoms with Crippen LogP contribution in [0.5, 0.6) is 0 Å². The van der Waals surface area contributed by atoms with E-state index < -0.39 is 66.4 Å². The van der Waals surface area contributed by atoms with E-state index in [9.17, 15) is 32.6 Å². The molecule has 1 aliphatic heterocycles. The van der Waals surface area contributed by atoms with E-state index >= 15 is 0 Å². The number of alkyl halides is 1. The monoisotopic (exact) mass is 500 g/mol. The molecule has 0 amide bonds. The largest absolute Gasteiger partial charge is 0.490 e. The van der Waals surface area contributed by atoms with Crippen LogP contribution in [0, 0.1) is 0 Å². The second-order valence-electron chi connectivity index (χ2n) is 5.84. The standard InChI is InChI=1S/C10H16FN2O14P3/c11-10(5-24-29(20,21)27-30(22,23)26-28(17,18)19)2-1-7(25-10)13-3-6(4-14)8(15)12-9(13)16/h3,7,14H,1-2,4-5H2,(H,20,21)(H,22,23)(H,12,15,16)(H2,17,18,19)/t7-,10+/m1/s1. The molecule has 2 unspecified atom stereocenters. The van der Waals surface area contributed by atoms with Crippen LogP contribution in [0.15, 0.2) is 15.8 Å². The first-order valence-electron chi connectivity index (χ1n) is 7.65. The maximum atomic E-state index is 14.7. The molecule has 4 atom stereocenters. The summed E-state index contributed by atoms with van der Waals surface area (Å²) in [6, 6.07) is 0. The lowest BCUT2D eigenvalue weighted by Crippen LogP contribution is -2.35. The maximum absolute atomic E-state index is 14.7. The zero-order valence-corrected chi connectivity index (χ0v) is 17.2. The summed E-state index contributed by atoms with van der Waals surface area (Å²) in [7, 11) is -16.9. The van der Waals surface area contributed by atoms with Crippen LogP contribution in [0.1, 0.15) is 24.6 Å². The van der Waals surface area contributed by atoms with Gasteiger partial charge in [-0.3, -0.25) is 18.9 Å². The van der Waals surface area contributed by atoms with E-state index in [-0.39, 0.29) is 12.0 Å². The van der Waals surface area contributed by atoms with Gasteiger partial charge < -0.3 is 29.4 Å². The van der Waals surface area contributed by atoms with E-state index in [2.05, 4.69) is 13.1 Å². The van der Waals surface area contributed by atoms with E-state index in [4.69, 9.17) is 24.5 Å². The van der Waals surface area contributed by atoms with Gasteiger partial charge in [-0.15, -0.1) is 0 Å². The molecule has 1 saturated heterocycles. The van der Waals surface area contributed by atoms with Gasteiger partial charge in [0.15, 0.2) is 0 Å². The number of H-pyrrole nitrogens is 1. The molecule has 0 aromatic carbocycles. The number of halogens is 1.